The van der Waals surface area contributed by atoms with Crippen molar-refractivity contribution < 1.29 is 0 Å². The average Bonchev–Trinajstić information content (AvgIpc) is 2.52. The Morgan fingerprint density at radius 2 is 1.45 bits per heavy atom. The SMILES string of the molecule is Brc1ccc([C@@H](c2ccccc2)N2CCNCC2)cc1. The second kappa shape index (κ2) is 6.53. The molecule has 2 aromatic rings. The van der Waals surface area contributed by atoms with E-state index in [0.29, 0.717) is 6.04 Å². The first-order valence-electron chi connectivity index (χ1n) is 7.10. The van der Waals surface area contributed by atoms with Crippen LogP contribution in [0.4, 0.5) is 0 Å². The van der Waals surface area contributed by atoms with E-state index in [1.54, 1.807) is 0 Å². The molecule has 0 radical (unpaired) electrons. The van der Waals surface area contributed by atoms with E-state index in [0.717, 1.165) is 30.7 Å². The fourth-order valence-electron chi connectivity index (χ4n) is 2.83. The molecule has 3 heteroatoms. The van der Waals surface area contributed by atoms with Crippen molar-refractivity contribution in [2.24, 2.45) is 0 Å². The lowest BCUT2D eigenvalue weighted by Gasteiger charge is -2.35. The Morgan fingerprint density at radius 3 is 2.10 bits per heavy atom. The Labute approximate surface area is 128 Å². The van der Waals surface area contributed by atoms with E-state index in [2.05, 4.69) is 80.7 Å². The highest BCUT2D eigenvalue weighted by Crippen LogP contribution is 2.29. The van der Waals surface area contributed by atoms with Gasteiger partial charge < -0.3 is 5.32 Å². The van der Waals surface area contributed by atoms with Gasteiger partial charge in [0.25, 0.3) is 0 Å². The zero-order chi connectivity index (χ0) is 13.8. The van der Waals surface area contributed by atoms with E-state index in [9.17, 15) is 0 Å². The summed E-state index contributed by atoms with van der Waals surface area (Å²) < 4.78 is 1.13. The third-order valence-electron chi connectivity index (χ3n) is 3.82. The zero-order valence-electron chi connectivity index (χ0n) is 11.4. The smallest absolute Gasteiger partial charge is 0.0602 e. The van der Waals surface area contributed by atoms with Crippen LogP contribution in [0, 0.1) is 0 Å². The van der Waals surface area contributed by atoms with Crippen molar-refractivity contribution in [2.75, 3.05) is 26.2 Å². The fraction of sp³-hybridized carbons (Fsp3) is 0.294. The largest absolute Gasteiger partial charge is 0.314 e. The highest BCUT2D eigenvalue weighted by Gasteiger charge is 2.23. The average molecular weight is 331 g/mol. The summed E-state index contributed by atoms with van der Waals surface area (Å²) in [6.45, 7) is 4.32. The summed E-state index contributed by atoms with van der Waals surface area (Å²) in [5, 5.41) is 3.43. The molecule has 0 aliphatic carbocycles. The lowest BCUT2D eigenvalue weighted by atomic mass is 9.96. The summed E-state index contributed by atoms with van der Waals surface area (Å²) in [6, 6.07) is 19.9. The van der Waals surface area contributed by atoms with Crippen LogP contribution in [-0.2, 0) is 0 Å². The van der Waals surface area contributed by atoms with Crippen molar-refractivity contribution in [3.63, 3.8) is 0 Å². The van der Waals surface area contributed by atoms with Gasteiger partial charge in [-0.2, -0.15) is 0 Å². The van der Waals surface area contributed by atoms with E-state index in [1.807, 2.05) is 0 Å². The Hall–Kier alpha value is -1.16. The molecule has 1 aliphatic heterocycles. The molecule has 2 aromatic carbocycles. The van der Waals surface area contributed by atoms with Crippen LogP contribution in [0.15, 0.2) is 59.1 Å². The zero-order valence-corrected chi connectivity index (χ0v) is 13.0. The maximum absolute atomic E-state index is 3.52. The molecule has 0 aromatic heterocycles. The second-order valence-corrected chi connectivity index (χ2v) is 6.07. The highest BCUT2D eigenvalue weighted by atomic mass is 79.9. The van der Waals surface area contributed by atoms with Gasteiger partial charge in [-0.15, -0.1) is 0 Å². The van der Waals surface area contributed by atoms with Crippen molar-refractivity contribution in [3.8, 4) is 0 Å². The Morgan fingerprint density at radius 1 is 0.850 bits per heavy atom. The van der Waals surface area contributed by atoms with E-state index in [1.165, 1.54) is 11.1 Å². The third kappa shape index (κ3) is 3.11. The molecule has 3 rings (SSSR count). The van der Waals surface area contributed by atoms with Gasteiger partial charge in [-0.1, -0.05) is 58.4 Å². The highest BCUT2D eigenvalue weighted by molar-refractivity contribution is 9.10. The summed E-state index contributed by atoms with van der Waals surface area (Å²) >= 11 is 3.52. The van der Waals surface area contributed by atoms with Crippen molar-refractivity contribution in [3.05, 3.63) is 70.2 Å². The number of nitrogens with zero attached hydrogens (tertiary/aromatic N) is 1. The molecular weight excluding hydrogens is 312 g/mol. The topological polar surface area (TPSA) is 15.3 Å². The molecule has 0 amide bonds. The summed E-state index contributed by atoms with van der Waals surface area (Å²) in [5.74, 6) is 0. The van der Waals surface area contributed by atoms with Gasteiger partial charge in [-0.3, -0.25) is 4.90 Å². The van der Waals surface area contributed by atoms with Crippen LogP contribution < -0.4 is 5.32 Å². The van der Waals surface area contributed by atoms with Crippen LogP contribution in [0.2, 0.25) is 0 Å². The molecule has 1 N–H and O–H groups in total. The summed E-state index contributed by atoms with van der Waals surface area (Å²) in [6.07, 6.45) is 0. The third-order valence-corrected chi connectivity index (χ3v) is 4.35. The second-order valence-electron chi connectivity index (χ2n) is 5.15. The van der Waals surface area contributed by atoms with Crippen molar-refractivity contribution in [2.45, 2.75) is 6.04 Å². The monoisotopic (exact) mass is 330 g/mol. The van der Waals surface area contributed by atoms with E-state index in [-0.39, 0.29) is 0 Å². The molecule has 2 nitrogen and oxygen atoms in total. The number of piperazine rings is 1. The van der Waals surface area contributed by atoms with Crippen LogP contribution >= 0.6 is 15.9 Å². The van der Waals surface area contributed by atoms with Gasteiger partial charge in [0.05, 0.1) is 6.04 Å². The lowest BCUT2D eigenvalue weighted by molar-refractivity contribution is 0.198. The quantitative estimate of drug-likeness (QED) is 0.927. The predicted molar refractivity (Wildman–Crippen MR) is 86.9 cm³/mol. The molecule has 0 saturated carbocycles. The van der Waals surface area contributed by atoms with E-state index >= 15 is 0 Å². The maximum Gasteiger partial charge on any atom is 0.0602 e. The molecule has 0 unspecified atom stereocenters. The number of benzene rings is 2. The molecule has 1 fully saturated rings. The van der Waals surface area contributed by atoms with Gasteiger partial charge in [-0.25, -0.2) is 0 Å². The van der Waals surface area contributed by atoms with Gasteiger partial charge in [-0.05, 0) is 23.3 Å². The first kappa shape index (κ1) is 13.8. The fourth-order valence-corrected chi connectivity index (χ4v) is 3.10. The summed E-state index contributed by atoms with van der Waals surface area (Å²) in [7, 11) is 0. The summed E-state index contributed by atoms with van der Waals surface area (Å²) in [4.78, 5) is 2.56. The lowest BCUT2D eigenvalue weighted by Crippen LogP contribution is -2.45. The minimum atomic E-state index is 0.353. The number of hydrogen-bond donors (Lipinski definition) is 1. The minimum Gasteiger partial charge on any atom is -0.314 e. The molecule has 1 atom stereocenters. The Bertz CT molecular complexity index is 533. The van der Waals surface area contributed by atoms with Crippen LogP contribution in [0.25, 0.3) is 0 Å². The Kier molecular flexibility index (Phi) is 4.51. The van der Waals surface area contributed by atoms with E-state index in [4.69, 9.17) is 0 Å². The molecule has 1 aliphatic rings. The van der Waals surface area contributed by atoms with Gasteiger partial charge in [0.15, 0.2) is 0 Å². The minimum absolute atomic E-state index is 0.353. The van der Waals surface area contributed by atoms with Gasteiger partial charge in [0, 0.05) is 30.7 Å². The Balaban J connectivity index is 1.96. The molecule has 0 spiro atoms. The first-order valence-corrected chi connectivity index (χ1v) is 7.89. The molecule has 20 heavy (non-hydrogen) atoms. The number of nitrogens with one attached hydrogen (secondary N) is 1. The van der Waals surface area contributed by atoms with Crippen LogP contribution in [0.1, 0.15) is 17.2 Å². The molecule has 0 bridgehead atoms. The van der Waals surface area contributed by atoms with Gasteiger partial charge in [0.1, 0.15) is 0 Å². The van der Waals surface area contributed by atoms with Gasteiger partial charge in [0.2, 0.25) is 0 Å². The standard InChI is InChI=1S/C17H19BrN2/c18-16-8-6-15(7-9-16)17(14-4-2-1-3-5-14)20-12-10-19-11-13-20/h1-9,17,19H,10-13H2/t17-/m1/s1. The van der Waals surface area contributed by atoms with E-state index < -0.39 is 0 Å². The molecule has 104 valence electrons. The molecular formula is C17H19BrN2. The maximum atomic E-state index is 3.52. The predicted octanol–water partition coefficient (Wildman–Crippen LogP) is 3.44. The number of halogens is 1. The van der Waals surface area contributed by atoms with Crippen molar-refractivity contribution in [1.29, 1.82) is 0 Å². The van der Waals surface area contributed by atoms with Crippen LogP contribution in [-0.4, -0.2) is 31.1 Å². The van der Waals surface area contributed by atoms with Gasteiger partial charge >= 0.3 is 0 Å². The van der Waals surface area contributed by atoms with Crippen molar-refractivity contribution >= 4 is 15.9 Å². The first-order chi connectivity index (χ1) is 9.84. The van der Waals surface area contributed by atoms with Crippen LogP contribution in [0.3, 0.4) is 0 Å². The number of hydrogen-bond acceptors (Lipinski definition) is 2. The molecule has 1 heterocycles. The summed E-state index contributed by atoms with van der Waals surface area (Å²) in [5.41, 5.74) is 2.73. The normalized spacial score (nSPS) is 17.9. The number of rotatable bonds is 3. The van der Waals surface area contributed by atoms with Crippen LogP contribution in [0.5, 0.6) is 0 Å². The van der Waals surface area contributed by atoms with Crippen molar-refractivity contribution in [1.82, 2.24) is 10.2 Å². The molecule has 1 saturated heterocycles.